The number of benzene rings is 5. The Hall–Kier alpha value is -4.66. The molecule has 0 saturated heterocycles. The molecular weight excluding hydrogens is 587 g/mol. The molecule has 4 aliphatic rings. The Morgan fingerprint density at radius 3 is 2.57 bits per heavy atom. The van der Waals surface area contributed by atoms with Crippen molar-refractivity contribution in [3.63, 3.8) is 0 Å². The third-order valence-corrected chi connectivity index (χ3v) is 12.4. The highest BCUT2D eigenvalue weighted by molar-refractivity contribution is 7.27. The topological polar surface area (TPSA) is 3.24 Å². The second-order valence-corrected chi connectivity index (χ2v) is 14.9. The van der Waals surface area contributed by atoms with E-state index < -0.39 is 0 Å². The van der Waals surface area contributed by atoms with Crippen LogP contribution in [-0.2, 0) is 6.42 Å². The number of anilines is 1. The maximum atomic E-state index is 2.60. The molecule has 5 aromatic carbocycles. The molecule has 0 radical (unpaired) electrons. The standard InChI is InChI=1S/C45H37NS/c1-28-17-23-39-43(25-28)47-45-38-24-22-33(27-41(38)36-14-6-7-15-37(36)44(39)45)46(42-16-8-11-29-9-3-5-13-35(29)42)32-21-20-31-19-18-30-10-2-4-12-34(30)40(31)26-32/h3-7,9,12-17,20-27,31,40H,2,8,10-11,18-19H2,1H3/t31?,40-/m0/s1. The number of allylic oxidation sites excluding steroid dienone is 8. The van der Waals surface area contributed by atoms with Crippen molar-refractivity contribution in [2.24, 2.45) is 11.8 Å². The Morgan fingerprint density at radius 2 is 1.62 bits per heavy atom. The van der Waals surface area contributed by atoms with E-state index in [0.29, 0.717) is 11.8 Å². The molecule has 0 spiro atoms. The van der Waals surface area contributed by atoms with Crippen molar-refractivity contribution >= 4 is 64.4 Å². The van der Waals surface area contributed by atoms with Gasteiger partial charge in [-0.1, -0.05) is 103 Å². The second-order valence-electron chi connectivity index (χ2n) is 13.9. The first kappa shape index (κ1) is 27.5. The Labute approximate surface area is 280 Å². The van der Waals surface area contributed by atoms with Crippen LogP contribution in [0.4, 0.5) is 5.69 Å². The number of rotatable bonds is 3. The van der Waals surface area contributed by atoms with Gasteiger partial charge in [0.1, 0.15) is 0 Å². The molecule has 0 saturated carbocycles. The van der Waals surface area contributed by atoms with Crippen LogP contribution in [0.2, 0.25) is 0 Å². The largest absolute Gasteiger partial charge is 0.311 e. The van der Waals surface area contributed by atoms with Crippen LogP contribution in [0.25, 0.3) is 47.4 Å². The molecule has 1 heterocycles. The molecule has 0 amide bonds. The molecule has 228 valence electrons. The number of nitrogens with zero attached hydrogens (tertiary/aromatic N) is 1. The first-order chi connectivity index (χ1) is 23.2. The maximum absolute atomic E-state index is 2.60. The number of hydrogen-bond donors (Lipinski definition) is 0. The zero-order valence-corrected chi connectivity index (χ0v) is 27.6. The molecule has 0 aliphatic heterocycles. The minimum atomic E-state index is 0.445. The highest BCUT2D eigenvalue weighted by atomic mass is 32.1. The lowest BCUT2D eigenvalue weighted by Gasteiger charge is -2.39. The predicted molar refractivity (Wildman–Crippen MR) is 203 cm³/mol. The maximum Gasteiger partial charge on any atom is 0.0496 e. The van der Waals surface area contributed by atoms with Gasteiger partial charge in [0.05, 0.1) is 0 Å². The first-order valence-electron chi connectivity index (χ1n) is 17.4. The van der Waals surface area contributed by atoms with E-state index in [1.807, 2.05) is 11.3 Å². The van der Waals surface area contributed by atoms with Crippen molar-refractivity contribution < 1.29 is 0 Å². The van der Waals surface area contributed by atoms with Gasteiger partial charge in [0.25, 0.3) is 0 Å². The summed E-state index contributed by atoms with van der Waals surface area (Å²) in [6.45, 7) is 2.20. The van der Waals surface area contributed by atoms with Crippen molar-refractivity contribution in [3.8, 4) is 0 Å². The zero-order valence-electron chi connectivity index (χ0n) is 26.8. The fraction of sp³-hybridized carbons (Fsp3) is 0.200. The van der Waals surface area contributed by atoms with Gasteiger partial charge in [-0.15, -0.1) is 11.3 Å². The van der Waals surface area contributed by atoms with Crippen molar-refractivity contribution in [1.29, 1.82) is 0 Å². The van der Waals surface area contributed by atoms with Crippen LogP contribution in [0, 0.1) is 18.8 Å². The summed E-state index contributed by atoms with van der Waals surface area (Å²) in [5.74, 6) is 1.03. The van der Waals surface area contributed by atoms with Gasteiger partial charge in [0, 0.05) is 54.1 Å². The summed E-state index contributed by atoms with van der Waals surface area (Å²) < 4.78 is 2.77. The molecule has 1 aromatic heterocycles. The molecular formula is C45H37NS. The van der Waals surface area contributed by atoms with E-state index in [2.05, 4.69) is 133 Å². The summed E-state index contributed by atoms with van der Waals surface area (Å²) in [4.78, 5) is 2.58. The number of hydrogen-bond acceptors (Lipinski definition) is 2. The van der Waals surface area contributed by atoms with E-state index in [9.17, 15) is 0 Å². The van der Waals surface area contributed by atoms with E-state index >= 15 is 0 Å². The van der Waals surface area contributed by atoms with Gasteiger partial charge >= 0.3 is 0 Å². The minimum absolute atomic E-state index is 0.445. The first-order valence-corrected chi connectivity index (χ1v) is 18.2. The zero-order chi connectivity index (χ0) is 31.1. The van der Waals surface area contributed by atoms with Crippen LogP contribution in [0.1, 0.15) is 48.8 Å². The number of fused-ring (bicyclic) bond motifs is 11. The number of thiophene rings is 1. The fourth-order valence-corrected chi connectivity index (χ4v) is 10.3. The summed E-state index contributed by atoms with van der Waals surface area (Å²) in [6, 6.07) is 32.3. The van der Waals surface area contributed by atoms with Crippen LogP contribution in [-0.4, -0.2) is 0 Å². The van der Waals surface area contributed by atoms with Crippen molar-refractivity contribution in [2.75, 3.05) is 4.90 Å². The van der Waals surface area contributed by atoms with Gasteiger partial charge in [0.15, 0.2) is 0 Å². The van der Waals surface area contributed by atoms with Crippen LogP contribution in [0.3, 0.4) is 0 Å². The second kappa shape index (κ2) is 10.7. The third-order valence-electron chi connectivity index (χ3n) is 11.2. The van der Waals surface area contributed by atoms with Gasteiger partial charge in [-0.05, 0) is 109 Å². The highest BCUT2D eigenvalue weighted by Gasteiger charge is 2.33. The SMILES string of the molecule is Cc1ccc2c(c1)sc1c3ccc(N(C4=C[C@@H]5C6=C(CCC=C6)CCC5C=C4)C4=CCCc5ccccc54)cc3c3ccccc3c21. The average molecular weight is 624 g/mol. The summed E-state index contributed by atoms with van der Waals surface area (Å²) in [5, 5.41) is 8.13. The summed E-state index contributed by atoms with van der Waals surface area (Å²) in [7, 11) is 0. The molecule has 2 heteroatoms. The van der Waals surface area contributed by atoms with E-state index in [1.165, 1.54) is 101 Å². The molecule has 1 nitrogen and oxygen atoms in total. The van der Waals surface area contributed by atoms with Crippen molar-refractivity contribution in [3.05, 3.63) is 155 Å². The van der Waals surface area contributed by atoms with Gasteiger partial charge in [-0.3, -0.25) is 0 Å². The lowest BCUT2D eigenvalue weighted by Crippen LogP contribution is -2.28. The summed E-state index contributed by atoms with van der Waals surface area (Å²) in [5.41, 5.74) is 11.2. The molecule has 0 N–H and O–H groups in total. The number of aryl methyl sites for hydroxylation is 2. The Balaban J connectivity index is 1.22. The summed E-state index contributed by atoms with van der Waals surface area (Å²) in [6.07, 6.45) is 22.0. The third kappa shape index (κ3) is 4.27. The van der Waals surface area contributed by atoms with E-state index in [-0.39, 0.29) is 0 Å². The lowest BCUT2D eigenvalue weighted by atomic mass is 9.70. The molecule has 0 fully saturated rings. The molecule has 1 unspecified atom stereocenters. The minimum Gasteiger partial charge on any atom is -0.311 e. The highest BCUT2D eigenvalue weighted by Crippen LogP contribution is 2.48. The summed E-state index contributed by atoms with van der Waals surface area (Å²) >= 11 is 1.95. The predicted octanol–water partition coefficient (Wildman–Crippen LogP) is 12.6. The van der Waals surface area contributed by atoms with Crippen LogP contribution in [0.5, 0.6) is 0 Å². The van der Waals surface area contributed by atoms with Crippen molar-refractivity contribution in [2.45, 2.75) is 45.4 Å². The van der Waals surface area contributed by atoms with Gasteiger partial charge in [0.2, 0.25) is 0 Å². The lowest BCUT2D eigenvalue weighted by molar-refractivity contribution is 0.451. The smallest absolute Gasteiger partial charge is 0.0496 e. The molecule has 4 aliphatic carbocycles. The Bertz CT molecular complexity index is 2440. The Kier molecular flexibility index (Phi) is 6.24. The molecule has 0 bridgehead atoms. The van der Waals surface area contributed by atoms with E-state index in [4.69, 9.17) is 0 Å². The van der Waals surface area contributed by atoms with Gasteiger partial charge in [-0.25, -0.2) is 0 Å². The fourth-order valence-electron chi connectivity index (χ4n) is 8.93. The molecule has 10 rings (SSSR count). The van der Waals surface area contributed by atoms with E-state index in [1.54, 1.807) is 11.1 Å². The van der Waals surface area contributed by atoms with Crippen LogP contribution >= 0.6 is 11.3 Å². The molecule has 2 atom stereocenters. The van der Waals surface area contributed by atoms with Crippen molar-refractivity contribution in [1.82, 2.24) is 0 Å². The molecule has 6 aromatic rings. The monoisotopic (exact) mass is 623 g/mol. The quantitative estimate of drug-likeness (QED) is 0.177. The molecule has 47 heavy (non-hydrogen) atoms. The van der Waals surface area contributed by atoms with Crippen LogP contribution < -0.4 is 4.90 Å². The van der Waals surface area contributed by atoms with Gasteiger partial charge < -0.3 is 4.90 Å². The normalized spacial score (nSPS) is 20.4. The van der Waals surface area contributed by atoms with Gasteiger partial charge in [-0.2, -0.15) is 0 Å². The van der Waals surface area contributed by atoms with E-state index in [0.717, 1.165) is 12.8 Å². The Morgan fingerprint density at radius 1 is 0.745 bits per heavy atom. The van der Waals surface area contributed by atoms with Crippen LogP contribution in [0.15, 0.2) is 138 Å². The average Bonchev–Trinajstić information content (AvgIpc) is 3.51.